The van der Waals surface area contributed by atoms with E-state index in [1.807, 2.05) is 0 Å². The molecule has 1 aromatic heterocycles. The van der Waals surface area contributed by atoms with Gasteiger partial charge in [-0.1, -0.05) is 36.4 Å². The number of nitrogens with one attached hydrogen (secondary N) is 2. The lowest BCUT2D eigenvalue weighted by molar-refractivity contribution is -0.137. The number of hydrogen-bond donors (Lipinski definition) is 6. The molecule has 1 aliphatic rings. The quantitative estimate of drug-likeness (QED) is 0.0762. The first-order valence-corrected chi connectivity index (χ1v) is 21.3. The van der Waals surface area contributed by atoms with Crippen LogP contribution in [-0.2, 0) is 45.0 Å². The van der Waals surface area contributed by atoms with Gasteiger partial charge in [0.05, 0.1) is 43.6 Å². The Labute approximate surface area is 310 Å². The number of hydrogen-bond acceptors (Lipinski definition) is 13. The van der Waals surface area contributed by atoms with Gasteiger partial charge in [0, 0.05) is 28.5 Å². The summed E-state index contributed by atoms with van der Waals surface area (Å²) in [6, 6.07) is 12.3. The molecule has 55 heavy (non-hydrogen) atoms. The second-order valence-corrected chi connectivity index (χ2v) is 18.3. The highest BCUT2D eigenvalue weighted by atomic mass is 32.2. The molecule has 0 amide bonds. The van der Waals surface area contributed by atoms with E-state index in [2.05, 4.69) is 10.3 Å². The monoisotopic (exact) mass is 832 g/mol. The van der Waals surface area contributed by atoms with Crippen molar-refractivity contribution in [2.75, 3.05) is 11.1 Å². The second kappa shape index (κ2) is 13.6. The molecule has 0 bridgehead atoms. The van der Waals surface area contributed by atoms with Gasteiger partial charge in [-0.05, 0) is 48.4 Å². The van der Waals surface area contributed by atoms with Crippen molar-refractivity contribution in [1.82, 2.24) is 4.98 Å². The Bertz CT molecular complexity index is 3060. The molecule has 0 saturated heterocycles. The van der Waals surface area contributed by atoms with Crippen LogP contribution < -0.4 is 10.9 Å². The number of sulfone groups is 1. The number of ketones is 2. The first kappa shape index (κ1) is 39.1. The molecule has 0 radical (unpaired) electrons. The number of H-pyrrole nitrogens is 1. The minimum atomic E-state index is -5.35. The van der Waals surface area contributed by atoms with Crippen LogP contribution in [0.15, 0.2) is 97.2 Å². The van der Waals surface area contributed by atoms with Crippen LogP contribution in [0.2, 0.25) is 0 Å². The average molecular weight is 833 g/mol. The molecule has 1 aliphatic carbocycles. The predicted octanol–water partition coefficient (Wildman–Crippen LogP) is 3.09. The summed E-state index contributed by atoms with van der Waals surface area (Å²) < 4.78 is 130. The van der Waals surface area contributed by atoms with Crippen LogP contribution in [0.4, 0.5) is 11.4 Å². The Kier molecular flexibility index (Phi) is 9.66. The number of carbonyl (C=O) groups excluding carboxylic acids is 2. The van der Waals surface area contributed by atoms with Crippen molar-refractivity contribution in [2.24, 2.45) is 0 Å². The molecule has 0 saturated carbocycles. The summed E-state index contributed by atoms with van der Waals surface area (Å²) >= 11 is 0. The fraction of sp³-hybridized carbons (Fsp3) is 0.0909. The van der Waals surface area contributed by atoms with Gasteiger partial charge in [0.1, 0.15) is 9.79 Å². The standard InChI is InChI=1S/C33H24N2O16S4/c36-25(37)9-4-12-52(41,42)17-10-11-21(23(14-17)54(46,47)48)34-22-15-24(55(49,50)51)30-28-26(19-7-1-2-8-20(19)32(39)27(22)28)29(33(40)35-30)31(38)16-5-3-6-18(13-16)53(43,44)45/h1-3,5-8,10-11,13-15,34H,4,9,12H2,(H,35,40)(H,36,37)(H,43,44,45)(H,46,47,48)(H,49,50,51). The molecule has 0 fully saturated rings. The van der Waals surface area contributed by atoms with Crippen molar-refractivity contribution in [3.05, 3.63) is 105 Å². The minimum Gasteiger partial charge on any atom is -0.481 e. The normalized spacial score (nSPS) is 13.0. The largest absolute Gasteiger partial charge is 0.481 e. The second-order valence-electron chi connectivity index (χ2n) is 12.0. The lowest BCUT2D eigenvalue weighted by atomic mass is 9.80. The van der Waals surface area contributed by atoms with Crippen LogP contribution in [-0.4, -0.2) is 80.7 Å². The third-order valence-electron chi connectivity index (χ3n) is 8.49. The third kappa shape index (κ3) is 7.30. The molecule has 1 heterocycles. The van der Waals surface area contributed by atoms with Gasteiger partial charge in [-0.2, -0.15) is 25.3 Å². The molecule has 6 rings (SSSR count). The zero-order valence-electron chi connectivity index (χ0n) is 27.4. The van der Waals surface area contributed by atoms with Crippen LogP contribution in [0.1, 0.15) is 44.7 Å². The van der Waals surface area contributed by atoms with Gasteiger partial charge in [-0.25, -0.2) is 8.42 Å². The highest BCUT2D eigenvalue weighted by molar-refractivity contribution is 7.91. The first-order valence-electron chi connectivity index (χ1n) is 15.3. The van der Waals surface area contributed by atoms with E-state index in [-0.39, 0.29) is 23.1 Å². The Hall–Kier alpha value is -5.62. The van der Waals surface area contributed by atoms with E-state index in [1.54, 1.807) is 0 Å². The summed E-state index contributed by atoms with van der Waals surface area (Å²) in [6.45, 7) is 0. The minimum absolute atomic E-state index is 0.0834. The van der Waals surface area contributed by atoms with Crippen LogP contribution >= 0.6 is 0 Å². The average Bonchev–Trinajstić information content (AvgIpc) is 3.08. The van der Waals surface area contributed by atoms with E-state index >= 15 is 0 Å². The summed E-state index contributed by atoms with van der Waals surface area (Å²) in [5, 5.41) is 10.9. The summed E-state index contributed by atoms with van der Waals surface area (Å²) in [6.07, 6.45) is -0.873. The van der Waals surface area contributed by atoms with Gasteiger partial charge < -0.3 is 15.4 Å². The topological polar surface area (TPSA) is 314 Å². The van der Waals surface area contributed by atoms with Crippen LogP contribution in [0.3, 0.4) is 0 Å². The van der Waals surface area contributed by atoms with Gasteiger partial charge in [0.2, 0.25) is 0 Å². The Morgan fingerprint density at radius 2 is 1.33 bits per heavy atom. The van der Waals surface area contributed by atoms with E-state index in [9.17, 15) is 66.5 Å². The van der Waals surface area contributed by atoms with Gasteiger partial charge >= 0.3 is 5.97 Å². The van der Waals surface area contributed by atoms with E-state index in [4.69, 9.17) is 5.11 Å². The Balaban J connectivity index is 1.67. The summed E-state index contributed by atoms with van der Waals surface area (Å²) in [5.41, 5.74) is -5.42. The van der Waals surface area contributed by atoms with E-state index in [0.29, 0.717) is 12.1 Å². The van der Waals surface area contributed by atoms with Gasteiger partial charge in [-0.3, -0.25) is 32.8 Å². The molecule has 286 valence electrons. The maximum absolute atomic E-state index is 14.3. The Morgan fingerprint density at radius 3 is 1.95 bits per heavy atom. The third-order valence-corrected chi connectivity index (χ3v) is 12.9. The maximum atomic E-state index is 14.3. The number of fused-ring (bicyclic) bond motifs is 2. The number of carbonyl (C=O) groups is 3. The molecular formula is C33H24N2O16S4. The Morgan fingerprint density at radius 1 is 0.673 bits per heavy atom. The first-order chi connectivity index (χ1) is 25.5. The molecular weight excluding hydrogens is 809 g/mol. The molecule has 6 N–H and O–H groups in total. The molecule has 18 nitrogen and oxygen atoms in total. The number of pyridine rings is 1. The van der Waals surface area contributed by atoms with Crippen molar-refractivity contribution < 1.29 is 66.8 Å². The number of rotatable bonds is 12. The fourth-order valence-corrected chi connectivity index (χ4v) is 9.42. The van der Waals surface area contributed by atoms with Crippen molar-refractivity contribution >= 4 is 80.0 Å². The van der Waals surface area contributed by atoms with Crippen molar-refractivity contribution in [1.29, 1.82) is 0 Å². The lowest BCUT2D eigenvalue weighted by Gasteiger charge is -2.25. The molecule has 5 aromatic rings. The molecule has 0 atom stereocenters. The summed E-state index contributed by atoms with van der Waals surface area (Å²) in [5.74, 6) is -4.05. The number of carboxylic acid groups (broad SMARTS) is 1. The van der Waals surface area contributed by atoms with Crippen molar-refractivity contribution in [3.8, 4) is 11.1 Å². The predicted molar refractivity (Wildman–Crippen MR) is 191 cm³/mol. The van der Waals surface area contributed by atoms with Crippen LogP contribution in [0.25, 0.3) is 22.0 Å². The molecule has 22 heteroatoms. The molecule has 0 spiro atoms. The maximum Gasteiger partial charge on any atom is 0.303 e. The van der Waals surface area contributed by atoms with Gasteiger partial charge in [0.15, 0.2) is 21.4 Å². The van der Waals surface area contributed by atoms with E-state index < -0.39 is 134 Å². The molecule has 0 aliphatic heterocycles. The van der Waals surface area contributed by atoms with Crippen molar-refractivity contribution in [3.63, 3.8) is 0 Å². The SMILES string of the molecule is O=C(O)CCCS(=O)(=O)c1ccc(Nc2cc(S(=O)(=O)O)c3[nH]c(=O)c(C(=O)c4cccc(S(=O)(=O)O)c4)c4c3c2C(=O)c2ccccc2-4)c(S(=O)(=O)O)c1. The summed E-state index contributed by atoms with van der Waals surface area (Å²) in [7, 11) is -19.8. The van der Waals surface area contributed by atoms with E-state index in [1.165, 1.54) is 24.3 Å². The van der Waals surface area contributed by atoms with Crippen molar-refractivity contribution in [2.45, 2.75) is 32.4 Å². The number of anilines is 2. The smallest absolute Gasteiger partial charge is 0.303 e. The number of aliphatic carboxylic acids is 1. The van der Waals surface area contributed by atoms with Crippen LogP contribution in [0, 0.1) is 0 Å². The molecule has 0 unspecified atom stereocenters. The summed E-state index contributed by atoms with van der Waals surface area (Å²) in [4.78, 5) is 51.7. The van der Waals surface area contributed by atoms with Gasteiger partial charge in [-0.15, -0.1) is 0 Å². The number of aromatic nitrogens is 1. The highest BCUT2D eigenvalue weighted by Gasteiger charge is 2.36. The highest BCUT2D eigenvalue weighted by Crippen LogP contribution is 2.46. The van der Waals surface area contributed by atoms with Gasteiger partial charge in [0.25, 0.3) is 35.9 Å². The number of benzene rings is 4. The number of carboxylic acids is 1. The zero-order chi connectivity index (χ0) is 40.4. The van der Waals surface area contributed by atoms with Crippen LogP contribution in [0.5, 0.6) is 0 Å². The lowest BCUT2D eigenvalue weighted by Crippen LogP contribution is -2.25. The molecule has 4 aromatic carbocycles. The van der Waals surface area contributed by atoms with E-state index in [0.717, 1.165) is 36.4 Å². The fourth-order valence-electron chi connectivity index (χ4n) is 6.14. The number of aromatic amines is 1. The zero-order valence-corrected chi connectivity index (χ0v) is 30.6.